The van der Waals surface area contributed by atoms with Crippen LogP contribution < -0.4 is 5.73 Å². The second-order valence-electron chi connectivity index (χ2n) is 9.10. The van der Waals surface area contributed by atoms with Crippen LogP contribution in [0.1, 0.15) is 39.5 Å². The van der Waals surface area contributed by atoms with Gasteiger partial charge in [0.05, 0.1) is 24.3 Å². The number of fused-ring (bicyclic) bond motifs is 3. The average Bonchev–Trinajstić information content (AvgIpc) is 3.04. The Morgan fingerprint density at radius 1 is 1.37 bits per heavy atom. The summed E-state index contributed by atoms with van der Waals surface area (Å²) in [7, 11) is 0. The lowest BCUT2D eigenvalue weighted by molar-refractivity contribution is -0.145. The highest BCUT2D eigenvalue weighted by Crippen LogP contribution is 2.50. The number of nitrogens with zero attached hydrogens (tertiary/aromatic N) is 3. The quantitative estimate of drug-likeness (QED) is 0.362. The zero-order valence-corrected chi connectivity index (χ0v) is 17.5. The van der Waals surface area contributed by atoms with Crippen LogP contribution in [0, 0.1) is 11.8 Å². The zero-order valence-electron chi connectivity index (χ0n) is 17.5. The van der Waals surface area contributed by atoms with E-state index in [-0.39, 0.29) is 35.6 Å². The van der Waals surface area contributed by atoms with Crippen LogP contribution in [0.25, 0.3) is 11.3 Å². The van der Waals surface area contributed by atoms with Crippen LogP contribution in [0.5, 0.6) is 0 Å². The van der Waals surface area contributed by atoms with E-state index in [2.05, 4.69) is 30.2 Å². The second-order valence-corrected chi connectivity index (χ2v) is 9.10. The first-order chi connectivity index (χ1) is 14.4. The number of ether oxygens (including phenoxy) is 2. The van der Waals surface area contributed by atoms with Gasteiger partial charge in [-0.15, -0.1) is 5.10 Å². The van der Waals surface area contributed by atoms with Gasteiger partial charge in [0, 0.05) is 17.2 Å². The van der Waals surface area contributed by atoms with Crippen molar-refractivity contribution >= 4 is 11.7 Å². The molecule has 1 aromatic heterocycles. The van der Waals surface area contributed by atoms with E-state index in [1.54, 1.807) is 4.68 Å². The Bertz CT molecular complexity index is 1000. The molecule has 0 saturated carbocycles. The van der Waals surface area contributed by atoms with Gasteiger partial charge in [-0.05, 0) is 51.7 Å². The minimum atomic E-state index is -0.244. The highest BCUT2D eigenvalue weighted by molar-refractivity contribution is 5.75. The Kier molecular flexibility index (Phi) is 4.65. The Hall–Kier alpha value is -2.67. The van der Waals surface area contributed by atoms with Crippen LogP contribution in [-0.2, 0) is 20.8 Å². The number of aromatic nitrogens is 3. The van der Waals surface area contributed by atoms with Gasteiger partial charge in [0.25, 0.3) is 0 Å². The molecule has 0 unspecified atom stereocenters. The minimum Gasteiger partial charge on any atom is -0.459 e. The molecule has 2 aliphatic heterocycles. The smallest absolute Gasteiger partial charge is 0.311 e. The predicted molar refractivity (Wildman–Crippen MR) is 112 cm³/mol. The maximum absolute atomic E-state index is 12.8. The molecule has 7 heteroatoms. The summed E-state index contributed by atoms with van der Waals surface area (Å²) >= 11 is 0. The number of allylic oxidation sites excluding steroid dienone is 2. The van der Waals surface area contributed by atoms with Crippen molar-refractivity contribution in [3.63, 3.8) is 0 Å². The van der Waals surface area contributed by atoms with Gasteiger partial charge in [0.1, 0.15) is 17.9 Å². The van der Waals surface area contributed by atoms with Crippen molar-refractivity contribution in [2.75, 3.05) is 5.73 Å². The number of epoxide rings is 1. The molecular weight excluding hydrogens is 380 g/mol. The van der Waals surface area contributed by atoms with E-state index in [4.69, 9.17) is 15.2 Å². The zero-order chi connectivity index (χ0) is 20.9. The largest absolute Gasteiger partial charge is 0.459 e. The first kappa shape index (κ1) is 19.3. The highest BCUT2D eigenvalue weighted by Gasteiger charge is 2.62. The molecule has 0 bridgehead atoms. The molecule has 7 nitrogen and oxygen atoms in total. The number of benzene rings is 1. The Labute approximate surface area is 176 Å². The third-order valence-electron chi connectivity index (χ3n) is 6.84. The average molecular weight is 409 g/mol. The van der Waals surface area contributed by atoms with Gasteiger partial charge in [-0.25, -0.2) is 0 Å². The fourth-order valence-electron chi connectivity index (χ4n) is 4.97. The van der Waals surface area contributed by atoms with Crippen molar-refractivity contribution in [2.45, 2.75) is 63.9 Å². The van der Waals surface area contributed by atoms with Gasteiger partial charge in [-0.3, -0.25) is 9.48 Å². The van der Waals surface area contributed by atoms with Crippen molar-refractivity contribution in [3.8, 4) is 11.3 Å². The monoisotopic (exact) mass is 408 g/mol. The lowest BCUT2D eigenvalue weighted by atomic mass is 9.80. The topological polar surface area (TPSA) is 95.6 Å². The van der Waals surface area contributed by atoms with E-state index < -0.39 is 0 Å². The molecule has 0 amide bonds. The normalized spacial score (nSPS) is 33.3. The van der Waals surface area contributed by atoms with E-state index in [9.17, 15) is 4.79 Å². The molecule has 2 N–H and O–H groups in total. The number of esters is 1. The molecule has 5 rings (SSSR count). The van der Waals surface area contributed by atoms with Crippen LogP contribution in [0.15, 0.2) is 42.1 Å². The van der Waals surface area contributed by atoms with Gasteiger partial charge >= 0.3 is 5.97 Å². The van der Waals surface area contributed by atoms with Crippen LogP contribution >= 0.6 is 0 Å². The molecule has 158 valence electrons. The minimum absolute atomic E-state index is 0.00172. The molecule has 3 aliphatic rings. The van der Waals surface area contributed by atoms with Crippen molar-refractivity contribution < 1.29 is 14.3 Å². The van der Waals surface area contributed by atoms with Gasteiger partial charge in [-0.1, -0.05) is 29.0 Å². The maximum Gasteiger partial charge on any atom is 0.311 e. The molecule has 2 fully saturated rings. The molecule has 2 aromatic rings. The van der Waals surface area contributed by atoms with E-state index in [1.165, 1.54) is 5.57 Å². The number of hydrogen-bond acceptors (Lipinski definition) is 6. The summed E-state index contributed by atoms with van der Waals surface area (Å²) in [6, 6.07) is 7.56. The molecule has 30 heavy (non-hydrogen) atoms. The fourth-order valence-corrected chi connectivity index (χ4v) is 4.97. The standard InChI is InChI=1S/C23H28N4O3/c1-14-5-4-10-23(2)21(30-23)20-17(9-8-14)18(22(28)29-20)12-27-13-19(25-26-27)15-6-3-7-16(24)11-15/h3,5-7,11,13,17-18,20-21H,4,8-10,12,24H2,1-2H3/t17-,18-,20-,21+,23+/m0/s1. The van der Waals surface area contributed by atoms with Gasteiger partial charge in [0.2, 0.25) is 0 Å². The molecule has 0 spiro atoms. The van der Waals surface area contributed by atoms with Crippen molar-refractivity contribution in [1.82, 2.24) is 15.0 Å². The third kappa shape index (κ3) is 3.51. The van der Waals surface area contributed by atoms with Crippen molar-refractivity contribution in [2.24, 2.45) is 11.8 Å². The van der Waals surface area contributed by atoms with E-state index in [0.29, 0.717) is 12.2 Å². The van der Waals surface area contributed by atoms with Crippen molar-refractivity contribution in [3.05, 3.63) is 42.1 Å². The van der Waals surface area contributed by atoms with Gasteiger partial charge in [-0.2, -0.15) is 0 Å². The van der Waals surface area contributed by atoms with Crippen LogP contribution in [0.2, 0.25) is 0 Å². The van der Waals surface area contributed by atoms with Crippen LogP contribution in [-0.4, -0.2) is 38.8 Å². The number of nitrogens with two attached hydrogens (primary N) is 1. The third-order valence-corrected chi connectivity index (χ3v) is 6.84. The lowest BCUT2D eigenvalue weighted by Gasteiger charge is -2.22. The predicted octanol–water partition coefficient (Wildman–Crippen LogP) is 3.36. The first-order valence-electron chi connectivity index (χ1n) is 10.7. The summed E-state index contributed by atoms with van der Waals surface area (Å²) in [6.07, 6.45) is 7.88. The van der Waals surface area contributed by atoms with Crippen LogP contribution in [0.4, 0.5) is 5.69 Å². The van der Waals surface area contributed by atoms with E-state index >= 15 is 0 Å². The summed E-state index contributed by atoms with van der Waals surface area (Å²) in [6.45, 7) is 4.77. The SMILES string of the molecule is CC1=CCC[C@@]2(C)O[C@@H]2[C@H]2OC(=O)[C@@H](Cn3cc(-c4cccc(N)c4)nn3)[C@@H]2CC1. The molecule has 2 saturated heterocycles. The summed E-state index contributed by atoms with van der Waals surface area (Å²) < 4.78 is 13.7. The summed E-state index contributed by atoms with van der Waals surface area (Å²) in [4.78, 5) is 12.8. The molecule has 3 heterocycles. The second kappa shape index (κ2) is 7.23. The number of carbonyl (C=O) groups excluding carboxylic acids is 1. The number of anilines is 1. The molecule has 0 radical (unpaired) electrons. The van der Waals surface area contributed by atoms with Crippen LogP contribution in [0.3, 0.4) is 0 Å². The van der Waals surface area contributed by atoms with E-state index in [1.807, 2.05) is 30.5 Å². The molecule has 1 aliphatic carbocycles. The summed E-state index contributed by atoms with van der Waals surface area (Å²) in [5.74, 6) is -0.276. The maximum atomic E-state index is 12.8. The lowest BCUT2D eigenvalue weighted by Crippen LogP contribution is -2.31. The molecule has 1 aromatic carbocycles. The first-order valence-corrected chi connectivity index (χ1v) is 10.7. The molecular formula is C23H28N4O3. The number of carbonyl (C=O) groups is 1. The van der Waals surface area contributed by atoms with Crippen molar-refractivity contribution in [1.29, 1.82) is 0 Å². The number of rotatable bonds is 3. The fraction of sp³-hybridized carbons (Fsp3) is 0.522. The Balaban J connectivity index is 1.37. The van der Waals surface area contributed by atoms with Gasteiger partial charge < -0.3 is 15.2 Å². The van der Waals surface area contributed by atoms with E-state index in [0.717, 1.165) is 36.9 Å². The number of hydrogen-bond donors (Lipinski definition) is 1. The Morgan fingerprint density at radius 3 is 3.07 bits per heavy atom. The number of nitrogen functional groups attached to an aromatic ring is 1. The Morgan fingerprint density at radius 2 is 2.23 bits per heavy atom. The highest BCUT2D eigenvalue weighted by atomic mass is 16.6. The summed E-state index contributed by atoms with van der Waals surface area (Å²) in [5.41, 5.74) is 9.42. The summed E-state index contributed by atoms with van der Waals surface area (Å²) in [5, 5.41) is 8.54. The van der Waals surface area contributed by atoms with Gasteiger partial charge in [0.15, 0.2) is 0 Å². The molecule has 5 atom stereocenters.